The minimum Gasteiger partial charge on any atom is -0.395 e. The maximum absolute atomic E-state index is 11.8. The molecule has 0 fully saturated rings. The number of carbonyl (C=O) groups is 1. The van der Waals surface area contributed by atoms with E-state index in [0.29, 0.717) is 12.2 Å². The van der Waals surface area contributed by atoms with Crippen LogP contribution in [0, 0.1) is 0 Å². The van der Waals surface area contributed by atoms with Gasteiger partial charge in [0, 0.05) is 30.9 Å². The first-order valence-electron chi connectivity index (χ1n) is 6.45. The lowest BCUT2D eigenvalue weighted by Crippen LogP contribution is -2.27. The van der Waals surface area contributed by atoms with Crippen LogP contribution < -0.4 is 10.6 Å². The molecular weight excluding hydrogens is 244 g/mol. The van der Waals surface area contributed by atoms with E-state index in [4.69, 9.17) is 9.84 Å². The van der Waals surface area contributed by atoms with Crippen molar-refractivity contribution >= 4 is 11.6 Å². The van der Waals surface area contributed by atoms with Crippen LogP contribution in [0.1, 0.15) is 23.7 Å². The van der Waals surface area contributed by atoms with Gasteiger partial charge in [-0.25, -0.2) is 0 Å². The number of aliphatic hydroxyl groups excluding tert-OH is 1. The van der Waals surface area contributed by atoms with Crippen LogP contribution >= 0.6 is 0 Å². The Morgan fingerprint density at radius 1 is 1.47 bits per heavy atom. The molecule has 1 unspecified atom stereocenters. The number of hydrogen-bond acceptors (Lipinski definition) is 4. The van der Waals surface area contributed by atoms with Gasteiger partial charge in [0.2, 0.25) is 0 Å². The number of nitrogens with one attached hydrogen (secondary N) is 2. The first kappa shape index (κ1) is 15.5. The van der Waals surface area contributed by atoms with Gasteiger partial charge < -0.3 is 20.5 Å². The van der Waals surface area contributed by atoms with Gasteiger partial charge in [0.1, 0.15) is 0 Å². The van der Waals surface area contributed by atoms with Crippen molar-refractivity contribution in [1.82, 2.24) is 5.32 Å². The fourth-order valence-corrected chi connectivity index (χ4v) is 1.72. The predicted octanol–water partition coefficient (Wildman–Crippen LogP) is 1.25. The van der Waals surface area contributed by atoms with E-state index in [1.807, 2.05) is 12.1 Å². The lowest BCUT2D eigenvalue weighted by molar-refractivity contribution is 0.0945. The molecule has 0 heterocycles. The Balaban J connectivity index is 2.68. The molecule has 19 heavy (non-hydrogen) atoms. The monoisotopic (exact) mass is 266 g/mol. The molecule has 1 amide bonds. The molecule has 106 valence electrons. The topological polar surface area (TPSA) is 70.6 Å². The minimum absolute atomic E-state index is 0.0601. The van der Waals surface area contributed by atoms with E-state index in [2.05, 4.69) is 17.6 Å². The van der Waals surface area contributed by atoms with Gasteiger partial charge in [0.15, 0.2) is 0 Å². The van der Waals surface area contributed by atoms with E-state index in [0.717, 1.165) is 12.1 Å². The Hall–Kier alpha value is -1.59. The van der Waals surface area contributed by atoms with Gasteiger partial charge in [-0.05, 0) is 24.6 Å². The highest BCUT2D eigenvalue weighted by Crippen LogP contribution is 2.13. The van der Waals surface area contributed by atoms with E-state index in [-0.39, 0.29) is 25.1 Å². The molecule has 1 rings (SSSR count). The maximum Gasteiger partial charge on any atom is 0.251 e. The van der Waals surface area contributed by atoms with Crippen molar-refractivity contribution in [3.8, 4) is 0 Å². The minimum atomic E-state index is -0.183. The van der Waals surface area contributed by atoms with Crippen molar-refractivity contribution in [3.63, 3.8) is 0 Å². The summed E-state index contributed by atoms with van der Waals surface area (Å²) in [7, 11) is 1.67. The van der Waals surface area contributed by atoms with Crippen LogP contribution in [-0.4, -0.2) is 43.9 Å². The van der Waals surface area contributed by atoms with Gasteiger partial charge in [-0.15, -0.1) is 0 Å². The molecule has 5 heteroatoms. The number of methoxy groups -OCH3 is 1. The Kier molecular flexibility index (Phi) is 6.92. The number of amides is 1. The third-order valence-electron chi connectivity index (χ3n) is 2.75. The highest BCUT2D eigenvalue weighted by atomic mass is 16.5. The van der Waals surface area contributed by atoms with Crippen LogP contribution in [0.4, 0.5) is 5.69 Å². The molecular formula is C14H22N2O3. The molecule has 3 N–H and O–H groups in total. The zero-order valence-electron chi connectivity index (χ0n) is 11.5. The fraction of sp³-hybridized carbons (Fsp3) is 0.500. The van der Waals surface area contributed by atoms with Crippen molar-refractivity contribution in [2.75, 3.05) is 32.2 Å². The summed E-state index contributed by atoms with van der Waals surface area (Å²) in [5, 5.41) is 14.6. The summed E-state index contributed by atoms with van der Waals surface area (Å²) < 4.78 is 5.13. The average Bonchev–Trinajstić information content (AvgIpc) is 2.44. The molecule has 1 atom stereocenters. The summed E-state index contributed by atoms with van der Waals surface area (Å²) in [6, 6.07) is 7.51. The van der Waals surface area contributed by atoms with Crippen molar-refractivity contribution in [2.24, 2.45) is 0 Å². The van der Waals surface area contributed by atoms with Crippen molar-refractivity contribution < 1.29 is 14.6 Å². The second-order valence-corrected chi connectivity index (χ2v) is 4.27. The molecule has 0 saturated heterocycles. The quantitative estimate of drug-likeness (QED) is 0.662. The number of rotatable bonds is 8. The number of anilines is 1. The predicted molar refractivity (Wildman–Crippen MR) is 75.4 cm³/mol. The van der Waals surface area contributed by atoms with Crippen LogP contribution in [-0.2, 0) is 4.74 Å². The highest BCUT2D eigenvalue weighted by Gasteiger charge is 2.08. The van der Waals surface area contributed by atoms with Crippen LogP contribution in [0.3, 0.4) is 0 Å². The van der Waals surface area contributed by atoms with Crippen LogP contribution in [0.15, 0.2) is 24.3 Å². The summed E-state index contributed by atoms with van der Waals surface area (Å²) in [5.74, 6) is -0.183. The average molecular weight is 266 g/mol. The van der Waals surface area contributed by atoms with Crippen molar-refractivity contribution in [3.05, 3.63) is 29.8 Å². The molecule has 5 nitrogen and oxygen atoms in total. The van der Waals surface area contributed by atoms with Gasteiger partial charge in [-0.3, -0.25) is 4.79 Å². The van der Waals surface area contributed by atoms with Gasteiger partial charge in [0.25, 0.3) is 5.91 Å². The largest absolute Gasteiger partial charge is 0.395 e. The highest BCUT2D eigenvalue weighted by molar-refractivity contribution is 5.95. The molecule has 0 spiro atoms. The first-order valence-corrected chi connectivity index (χ1v) is 6.45. The number of ether oxygens (including phenoxy) is 1. The van der Waals surface area contributed by atoms with Crippen LogP contribution in [0.2, 0.25) is 0 Å². The number of aliphatic hydroxyl groups is 1. The Morgan fingerprint density at radius 2 is 2.26 bits per heavy atom. The third-order valence-corrected chi connectivity index (χ3v) is 2.75. The lowest BCUT2D eigenvalue weighted by atomic mass is 10.1. The number of carbonyl (C=O) groups excluding carboxylic acids is 1. The zero-order valence-corrected chi connectivity index (χ0v) is 11.5. The second kappa shape index (κ2) is 8.50. The molecule has 1 aromatic carbocycles. The van der Waals surface area contributed by atoms with Gasteiger partial charge in [-0.1, -0.05) is 13.0 Å². The summed E-state index contributed by atoms with van der Waals surface area (Å²) in [4.78, 5) is 11.8. The summed E-state index contributed by atoms with van der Waals surface area (Å²) in [6.45, 7) is 2.90. The van der Waals surface area contributed by atoms with Gasteiger partial charge >= 0.3 is 0 Å². The molecule has 0 radical (unpaired) electrons. The summed E-state index contributed by atoms with van der Waals surface area (Å²) in [6.07, 6.45) is 0.939. The van der Waals surface area contributed by atoms with E-state index in [9.17, 15) is 4.79 Å². The summed E-state index contributed by atoms with van der Waals surface area (Å²) in [5.41, 5.74) is 1.46. The molecule has 0 aliphatic rings. The van der Waals surface area contributed by atoms with Crippen molar-refractivity contribution in [1.29, 1.82) is 0 Å². The van der Waals surface area contributed by atoms with Crippen LogP contribution in [0.25, 0.3) is 0 Å². The fourth-order valence-electron chi connectivity index (χ4n) is 1.72. The zero-order chi connectivity index (χ0) is 14.1. The van der Waals surface area contributed by atoms with Gasteiger partial charge in [0.05, 0.1) is 13.2 Å². The van der Waals surface area contributed by atoms with Gasteiger partial charge in [-0.2, -0.15) is 0 Å². The van der Waals surface area contributed by atoms with Crippen molar-refractivity contribution in [2.45, 2.75) is 19.4 Å². The SMILES string of the molecule is CCC(COC)Nc1cccc(C(=O)NCCO)c1. The molecule has 0 bridgehead atoms. The first-order chi connectivity index (χ1) is 9.21. The summed E-state index contributed by atoms with van der Waals surface area (Å²) >= 11 is 0. The Morgan fingerprint density at radius 3 is 2.89 bits per heavy atom. The van der Waals surface area contributed by atoms with Crippen LogP contribution in [0.5, 0.6) is 0 Å². The second-order valence-electron chi connectivity index (χ2n) is 4.27. The Bertz CT molecular complexity index is 396. The normalized spacial score (nSPS) is 11.9. The van der Waals surface area contributed by atoms with E-state index in [1.165, 1.54) is 0 Å². The lowest BCUT2D eigenvalue weighted by Gasteiger charge is -2.17. The smallest absolute Gasteiger partial charge is 0.251 e. The molecule has 0 aromatic heterocycles. The van der Waals surface area contributed by atoms with E-state index in [1.54, 1.807) is 19.2 Å². The molecule has 0 aliphatic carbocycles. The van der Waals surface area contributed by atoms with E-state index >= 15 is 0 Å². The Labute approximate surface area is 114 Å². The molecule has 0 aliphatic heterocycles. The third kappa shape index (κ3) is 5.28. The van der Waals surface area contributed by atoms with E-state index < -0.39 is 0 Å². The molecule has 1 aromatic rings. The number of benzene rings is 1. The standard InChI is InChI=1S/C14H22N2O3/c1-3-12(10-19-2)16-13-6-4-5-11(9-13)14(18)15-7-8-17/h4-6,9,12,16-17H,3,7-8,10H2,1-2H3,(H,15,18). The molecule has 0 saturated carbocycles. The maximum atomic E-state index is 11.8. The number of hydrogen-bond donors (Lipinski definition) is 3.